The fraction of sp³-hybridized carbons (Fsp3) is 1.00. The highest BCUT2D eigenvalue weighted by Crippen LogP contribution is 2.37. The van der Waals surface area contributed by atoms with Crippen molar-refractivity contribution in [1.82, 2.24) is 5.32 Å². The van der Waals surface area contributed by atoms with E-state index in [2.05, 4.69) is 39.9 Å². The lowest BCUT2D eigenvalue weighted by Gasteiger charge is -2.31. The van der Waals surface area contributed by atoms with Crippen LogP contribution < -0.4 is 5.32 Å². The molecule has 0 spiro atoms. The first-order chi connectivity index (χ1) is 9.12. The Balaban J connectivity index is 2.74. The van der Waals surface area contributed by atoms with Crippen LogP contribution in [0, 0.1) is 29.6 Å². The maximum atomic E-state index is 3.61. The van der Waals surface area contributed by atoms with Gasteiger partial charge in [0.1, 0.15) is 0 Å². The maximum Gasteiger partial charge on any atom is -0.00155 e. The molecule has 1 nitrogen and oxygen atoms in total. The summed E-state index contributed by atoms with van der Waals surface area (Å²) < 4.78 is 0. The molecule has 0 aliphatic heterocycles. The zero-order chi connectivity index (χ0) is 14.3. The molecule has 114 valence electrons. The van der Waals surface area contributed by atoms with Gasteiger partial charge >= 0.3 is 0 Å². The Morgan fingerprint density at radius 3 is 1.68 bits per heavy atom. The van der Waals surface area contributed by atoms with Crippen molar-refractivity contribution >= 4 is 0 Å². The highest BCUT2D eigenvalue weighted by molar-refractivity contribution is 4.80. The van der Waals surface area contributed by atoms with E-state index < -0.39 is 0 Å². The second-order valence-electron chi connectivity index (χ2n) is 7.02. The first kappa shape index (κ1) is 17.0. The van der Waals surface area contributed by atoms with Crippen LogP contribution in [0.5, 0.6) is 0 Å². The van der Waals surface area contributed by atoms with Gasteiger partial charge in [-0.2, -0.15) is 0 Å². The average molecular weight is 268 g/mol. The molecule has 0 bridgehead atoms. The van der Waals surface area contributed by atoms with Crippen LogP contribution >= 0.6 is 0 Å². The third kappa shape index (κ3) is 5.45. The third-order valence-corrected chi connectivity index (χ3v) is 5.64. The van der Waals surface area contributed by atoms with E-state index in [0.717, 1.165) is 36.1 Å². The Labute approximate surface area is 121 Å². The summed E-state index contributed by atoms with van der Waals surface area (Å²) in [7, 11) is 0. The lowest BCUT2D eigenvalue weighted by atomic mass is 9.76. The van der Waals surface area contributed by atoms with Gasteiger partial charge in [0, 0.05) is 0 Å². The Bertz CT molecular complexity index is 206. The molecule has 0 aromatic carbocycles. The fourth-order valence-electron chi connectivity index (χ4n) is 4.12. The van der Waals surface area contributed by atoms with Gasteiger partial charge in [0.15, 0.2) is 0 Å². The zero-order valence-electron chi connectivity index (χ0n) is 14.0. The quantitative estimate of drug-likeness (QED) is 0.730. The molecule has 0 amide bonds. The smallest absolute Gasteiger partial charge is 0.00155 e. The summed E-state index contributed by atoms with van der Waals surface area (Å²) in [5, 5.41) is 3.61. The van der Waals surface area contributed by atoms with Crippen LogP contribution in [0.3, 0.4) is 0 Å². The SMILES string of the molecule is CCNCC1C(C)CC(CC)CCC(CC)CC1C. The molecule has 0 heterocycles. The summed E-state index contributed by atoms with van der Waals surface area (Å²) in [6.45, 7) is 14.4. The topological polar surface area (TPSA) is 12.0 Å². The maximum absolute atomic E-state index is 3.61. The minimum atomic E-state index is 0.876. The molecule has 19 heavy (non-hydrogen) atoms. The predicted molar refractivity (Wildman–Crippen MR) is 86.4 cm³/mol. The molecule has 1 rings (SSSR count). The first-order valence-electron chi connectivity index (χ1n) is 8.82. The summed E-state index contributed by atoms with van der Waals surface area (Å²) >= 11 is 0. The van der Waals surface area contributed by atoms with E-state index in [4.69, 9.17) is 0 Å². The summed E-state index contributed by atoms with van der Waals surface area (Å²) in [4.78, 5) is 0. The van der Waals surface area contributed by atoms with Crippen molar-refractivity contribution in [3.63, 3.8) is 0 Å². The number of nitrogens with one attached hydrogen (secondary N) is 1. The van der Waals surface area contributed by atoms with Crippen molar-refractivity contribution in [2.24, 2.45) is 29.6 Å². The number of hydrogen-bond donors (Lipinski definition) is 1. The van der Waals surface area contributed by atoms with Gasteiger partial charge in [0.2, 0.25) is 0 Å². The van der Waals surface area contributed by atoms with Gasteiger partial charge < -0.3 is 5.32 Å². The van der Waals surface area contributed by atoms with E-state index >= 15 is 0 Å². The standard InChI is InChI=1S/C18H37N/c1-6-16-9-10-17(7-2)12-15(5)18(13-19-8-3)14(4)11-16/h14-19H,6-13H2,1-5H3. The largest absolute Gasteiger partial charge is 0.317 e. The molecule has 1 N–H and O–H groups in total. The molecule has 1 heteroatoms. The Morgan fingerprint density at radius 2 is 1.32 bits per heavy atom. The molecule has 1 aliphatic carbocycles. The van der Waals surface area contributed by atoms with Crippen LogP contribution in [0.1, 0.15) is 73.1 Å². The Morgan fingerprint density at radius 1 is 0.842 bits per heavy atom. The van der Waals surface area contributed by atoms with Crippen LogP contribution in [0.2, 0.25) is 0 Å². The van der Waals surface area contributed by atoms with E-state index in [1.165, 1.54) is 45.1 Å². The summed E-state index contributed by atoms with van der Waals surface area (Å²) in [6.07, 6.45) is 8.60. The van der Waals surface area contributed by atoms with Crippen molar-refractivity contribution in [2.45, 2.75) is 73.1 Å². The van der Waals surface area contributed by atoms with E-state index in [1.54, 1.807) is 0 Å². The molecule has 1 aliphatic rings. The lowest BCUT2D eigenvalue weighted by Crippen LogP contribution is -2.32. The second-order valence-corrected chi connectivity index (χ2v) is 7.02. The molecule has 0 radical (unpaired) electrons. The molecule has 0 saturated heterocycles. The van der Waals surface area contributed by atoms with Gasteiger partial charge in [0.05, 0.1) is 0 Å². The van der Waals surface area contributed by atoms with E-state index in [-0.39, 0.29) is 0 Å². The molecule has 1 fully saturated rings. The first-order valence-corrected chi connectivity index (χ1v) is 8.82. The van der Waals surface area contributed by atoms with Crippen molar-refractivity contribution in [3.05, 3.63) is 0 Å². The zero-order valence-corrected chi connectivity index (χ0v) is 14.0. The highest BCUT2D eigenvalue weighted by Gasteiger charge is 2.29. The van der Waals surface area contributed by atoms with Gasteiger partial charge in [-0.05, 0) is 55.5 Å². The number of hydrogen-bond acceptors (Lipinski definition) is 1. The molecular weight excluding hydrogens is 230 g/mol. The van der Waals surface area contributed by atoms with Crippen molar-refractivity contribution < 1.29 is 0 Å². The Kier molecular flexibility index (Phi) is 8.06. The minimum Gasteiger partial charge on any atom is -0.317 e. The van der Waals surface area contributed by atoms with E-state index in [9.17, 15) is 0 Å². The molecule has 0 aromatic heterocycles. The van der Waals surface area contributed by atoms with Crippen molar-refractivity contribution in [3.8, 4) is 0 Å². The van der Waals surface area contributed by atoms with E-state index in [0.29, 0.717) is 0 Å². The fourth-order valence-corrected chi connectivity index (χ4v) is 4.12. The van der Waals surface area contributed by atoms with Crippen molar-refractivity contribution in [1.29, 1.82) is 0 Å². The van der Waals surface area contributed by atoms with Gasteiger partial charge in [-0.3, -0.25) is 0 Å². The normalized spacial score (nSPS) is 37.4. The predicted octanol–water partition coefficient (Wildman–Crippen LogP) is 5.11. The minimum absolute atomic E-state index is 0.876. The lowest BCUT2D eigenvalue weighted by molar-refractivity contribution is 0.199. The summed E-state index contributed by atoms with van der Waals surface area (Å²) in [6, 6.07) is 0. The summed E-state index contributed by atoms with van der Waals surface area (Å²) in [5.41, 5.74) is 0. The molecule has 4 atom stereocenters. The second kappa shape index (κ2) is 9.00. The molecule has 1 saturated carbocycles. The van der Waals surface area contributed by atoms with Crippen LogP contribution in [0.4, 0.5) is 0 Å². The van der Waals surface area contributed by atoms with Gasteiger partial charge in [-0.15, -0.1) is 0 Å². The third-order valence-electron chi connectivity index (χ3n) is 5.64. The van der Waals surface area contributed by atoms with Gasteiger partial charge in [-0.25, -0.2) is 0 Å². The average Bonchev–Trinajstić information content (AvgIpc) is 2.46. The molecule has 0 aromatic rings. The van der Waals surface area contributed by atoms with Crippen molar-refractivity contribution in [2.75, 3.05) is 13.1 Å². The highest BCUT2D eigenvalue weighted by atomic mass is 14.8. The molecular formula is C18H37N. The summed E-state index contributed by atoms with van der Waals surface area (Å²) in [5.74, 6) is 4.59. The van der Waals surface area contributed by atoms with E-state index in [1.807, 2.05) is 0 Å². The van der Waals surface area contributed by atoms with Crippen LogP contribution in [-0.4, -0.2) is 13.1 Å². The van der Waals surface area contributed by atoms with Gasteiger partial charge in [-0.1, -0.05) is 60.3 Å². The van der Waals surface area contributed by atoms with Crippen LogP contribution in [0.25, 0.3) is 0 Å². The van der Waals surface area contributed by atoms with Crippen LogP contribution in [-0.2, 0) is 0 Å². The van der Waals surface area contributed by atoms with Crippen LogP contribution in [0.15, 0.2) is 0 Å². The monoisotopic (exact) mass is 267 g/mol. The van der Waals surface area contributed by atoms with Gasteiger partial charge in [0.25, 0.3) is 0 Å². The number of rotatable bonds is 5. The Hall–Kier alpha value is -0.0400. The molecule has 4 unspecified atom stereocenters.